The summed E-state index contributed by atoms with van der Waals surface area (Å²) in [5, 5.41) is 0. The van der Waals surface area contributed by atoms with Crippen LogP contribution < -0.4 is 9.64 Å². The lowest BCUT2D eigenvalue weighted by Gasteiger charge is -2.34. The van der Waals surface area contributed by atoms with Gasteiger partial charge in [-0.1, -0.05) is 6.07 Å². The predicted octanol–water partition coefficient (Wildman–Crippen LogP) is 3.13. The average Bonchev–Trinajstić information content (AvgIpc) is 3.10. The van der Waals surface area contributed by atoms with Crippen LogP contribution in [0.2, 0.25) is 0 Å². The largest absolute Gasteiger partial charge is 0.472 e. The molecule has 0 N–H and O–H groups in total. The van der Waals surface area contributed by atoms with Gasteiger partial charge in [-0.3, -0.25) is 9.59 Å². The Kier molecular flexibility index (Phi) is 5.94. The number of aryl methyl sites for hydroxylation is 4. The number of hydrogen-bond acceptors (Lipinski definition) is 5. The number of carbonyl (C=O) groups excluding carboxylic acids is 2. The minimum Gasteiger partial charge on any atom is -0.472 e. The van der Waals surface area contributed by atoms with Crippen LogP contribution in [0.25, 0.3) is 0 Å². The molecule has 1 aromatic carbocycles. The van der Waals surface area contributed by atoms with Gasteiger partial charge < -0.3 is 14.5 Å². The number of ether oxygens (including phenoxy) is 1. The number of likely N-dealkylation sites (tertiary alicyclic amines) is 1. The Morgan fingerprint density at radius 2 is 1.87 bits per heavy atom. The van der Waals surface area contributed by atoms with Gasteiger partial charge in [-0.2, -0.15) is 4.98 Å². The lowest BCUT2D eigenvalue weighted by molar-refractivity contribution is -0.138. The van der Waals surface area contributed by atoms with E-state index < -0.39 is 0 Å². The van der Waals surface area contributed by atoms with E-state index in [0.29, 0.717) is 31.3 Å². The minimum absolute atomic E-state index is 0.0124. The number of nitrogens with zero attached hydrogens (tertiary/aromatic N) is 4. The Morgan fingerprint density at radius 1 is 1.06 bits per heavy atom. The third-order valence-corrected chi connectivity index (χ3v) is 6.20. The van der Waals surface area contributed by atoms with Gasteiger partial charge in [-0.25, -0.2) is 4.98 Å². The van der Waals surface area contributed by atoms with Crippen LogP contribution in [0.5, 0.6) is 5.88 Å². The number of amides is 2. The second kappa shape index (κ2) is 8.65. The van der Waals surface area contributed by atoms with Crippen molar-refractivity contribution in [3.05, 3.63) is 46.9 Å². The van der Waals surface area contributed by atoms with Gasteiger partial charge in [0.05, 0.1) is 12.5 Å². The number of rotatable bonds is 4. The van der Waals surface area contributed by atoms with E-state index in [1.165, 1.54) is 5.56 Å². The standard InChI is InChI=1S/C24H30N4O3/c1-15-7-8-20(10-16(15)2)28-13-19(12-23(28)29)24(30)27-9-5-6-21(14-27)31-22-11-17(3)25-18(4)26-22/h7-8,10-11,19,21H,5-6,9,12-14H2,1-4H3. The summed E-state index contributed by atoms with van der Waals surface area (Å²) in [6, 6.07) is 7.83. The zero-order valence-corrected chi connectivity index (χ0v) is 18.7. The quantitative estimate of drug-likeness (QED) is 0.757. The van der Waals surface area contributed by atoms with Crippen molar-refractivity contribution in [3.8, 4) is 5.88 Å². The summed E-state index contributed by atoms with van der Waals surface area (Å²) in [5.74, 6) is 0.980. The molecule has 3 heterocycles. The number of benzene rings is 1. The third kappa shape index (κ3) is 4.70. The summed E-state index contributed by atoms with van der Waals surface area (Å²) < 4.78 is 6.07. The maximum atomic E-state index is 13.2. The van der Waals surface area contributed by atoms with Crippen LogP contribution in [0.1, 0.15) is 41.9 Å². The molecule has 0 saturated carbocycles. The highest BCUT2D eigenvalue weighted by Gasteiger charge is 2.38. The smallest absolute Gasteiger partial charge is 0.228 e. The molecule has 7 nitrogen and oxygen atoms in total. The van der Waals surface area contributed by atoms with Crippen molar-refractivity contribution in [1.29, 1.82) is 0 Å². The SMILES string of the molecule is Cc1cc(OC2CCCN(C(=O)C3CC(=O)N(c4ccc(C)c(C)c4)C3)C2)nc(C)n1. The molecule has 0 spiro atoms. The number of hydrogen-bond donors (Lipinski definition) is 0. The van der Waals surface area contributed by atoms with E-state index in [2.05, 4.69) is 16.9 Å². The summed E-state index contributed by atoms with van der Waals surface area (Å²) in [6.45, 7) is 9.51. The fraction of sp³-hybridized carbons (Fsp3) is 0.500. The summed E-state index contributed by atoms with van der Waals surface area (Å²) >= 11 is 0. The Balaban J connectivity index is 1.40. The monoisotopic (exact) mass is 422 g/mol. The molecule has 7 heteroatoms. The van der Waals surface area contributed by atoms with E-state index in [4.69, 9.17) is 4.74 Å². The summed E-state index contributed by atoms with van der Waals surface area (Å²) in [7, 11) is 0. The zero-order valence-electron chi connectivity index (χ0n) is 18.7. The van der Waals surface area contributed by atoms with E-state index in [9.17, 15) is 9.59 Å². The van der Waals surface area contributed by atoms with Crippen molar-refractivity contribution >= 4 is 17.5 Å². The van der Waals surface area contributed by atoms with Gasteiger partial charge in [0.15, 0.2) is 0 Å². The van der Waals surface area contributed by atoms with Crippen LogP contribution in [-0.4, -0.2) is 52.4 Å². The highest BCUT2D eigenvalue weighted by Crippen LogP contribution is 2.29. The molecule has 4 rings (SSSR count). The molecular formula is C24H30N4O3. The molecule has 2 amide bonds. The molecule has 2 aromatic rings. The van der Waals surface area contributed by atoms with Crippen molar-refractivity contribution in [2.75, 3.05) is 24.5 Å². The van der Waals surface area contributed by atoms with Crippen molar-refractivity contribution in [1.82, 2.24) is 14.9 Å². The highest BCUT2D eigenvalue weighted by atomic mass is 16.5. The van der Waals surface area contributed by atoms with Crippen molar-refractivity contribution in [3.63, 3.8) is 0 Å². The predicted molar refractivity (Wildman–Crippen MR) is 118 cm³/mol. The van der Waals surface area contributed by atoms with Gasteiger partial charge >= 0.3 is 0 Å². The molecule has 1 aromatic heterocycles. The summed E-state index contributed by atoms with van der Waals surface area (Å²) in [4.78, 5) is 38.1. The van der Waals surface area contributed by atoms with Gasteiger partial charge in [-0.15, -0.1) is 0 Å². The summed E-state index contributed by atoms with van der Waals surface area (Å²) in [5.41, 5.74) is 4.07. The van der Waals surface area contributed by atoms with Gasteiger partial charge in [0, 0.05) is 37.0 Å². The third-order valence-electron chi connectivity index (χ3n) is 6.20. The van der Waals surface area contributed by atoms with Gasteiger partial charge in [-0.05, 0) is 63.8 Å². The normalized spacial score (nSPS) is 21.5. The first-order valence-corrected chi connectivity index (χ1v) is 11.0. The first-order chi connectivity index (χ1) is 14.8. The van der Waals surface area contributed by atoms with Crippen LogP contribution in [0.3, 0.4) is 0 Å². The van der Waals surface area contributed by atoms with Crippen LogP contribution in [0.15, 0.2) is 24.3 Å². The topological polar surface area (TPSA) is 75.6 Å². The van der Waals surface area contributed by atoms with Crippen LogP contribution in [0.4, 0.5) is 5.69 Å². The second-order valence-corrected chi connectivity index (χ2v) is 8.74. The van der Waals surface area contributed by atoms with Gasteiger partial charge in [0.1, 0.15) is 11.9 Å². The molecular weight excluding hydrogens is 392 g/mol. The first-order valence-electron chi connectivity index (χ1n) is 11.0. The van der Waals surface area contributed by atoms with Crippen LogP contribution in [-0.2, 0) is 9.59 Å². The molecule has 2 aliphatic heterocycles. The van der Waals surface area contributed by atoms with Gasteiger partial charge in [0.25, 0.3) is 0 Å². The van der Waals surface area contributed by atoms with Crippen LogP contribution >= 0.6 is 0 Å². The number of anilines is 1. The van der Waals surface area contributed by atoms with Gasteiger partial charge in [0.2, 0.25) is 17.7 Å². The first kappa shape index (κ1) is 21.3. The Morgan fingerprint density at radius 3 is 2.61 bits per heavy atom. The number of aromatic nitrogens is 2. The number of piperidine rings is 1. The van der Waals surface area contributed by atoms with Crippen molar-refractivity contribution < 1.29 is 14.3 Å². The molecule has 0 bridgehead atoms. The molecule has 2 unspecified atom stereocenters. The van der Waals surface area contributed by atoms with E-state index in [-0.39, 0.29) is 30.3 Å². The summed E-state index contributed by atoms with van der Waals surface area (Å²) in [6.07, 6.45) is 1.92. The molecule has 2 aliphatic rings. The molecule has 2 atom stereocenters. The maximum absolute atomic E-state index is 13.2. The van der Waals surface area contributed by atoms with E-state index in [1.807, 2.05) is 49.9 Å². The Hall–Kier alpha value is -2.96. The lowest BCUT2D eigenvalue weighted by Crippen LogP contribution is -2.47. The van der Waals surface area contributed by atoms with E-state index in [0.717, 1.165) is 29.8 Å². The molecule has 2 saturated heterocycles. The fourth-order valence-corrected chi connectivity index (χ4v) is 4.42. The van der Waals surface area contributed by atoms with E-state index >= 15 is 0 Å². The zero-order chi connectivity index (χ0) is 22.1. The second-order valence-electron chi connectivity index (χ2n) is 8.74. The Labute approximate surface area is 183 Å². The van der Waals surface area contributed by atoms with Crippen molar-refractivity contribution in [2.45, 2.75) is 53.1 Å². The maximum Gasteiger partial charge on any atom is 0.228 e. The average molecular weight is 423 g/mol. The number of carbonyl (C=O) groups is 2. The van der Waals surface area contributed by atoms with Crippen LogP contribution in [0, 0.1) is 33.6 Å². The highest BCUT2D eigenvalue weighted by molar-refractivity contribution is 6.00. The Bertz CT molecular complexity index is 986. The molecule has 164 valence electrons. The molecule has 31 heavy (non-hydrogen) atoms. The molecule has 0 aliphatic carbocycles. The fourth-order valence-electron chi connectivity index (χ4n) is 4.42. The van der Waals surface area contributed by atoms with E-state index in [1.54, 1.807) is 4.90 Å². The minimum atomic E-state index is -0.309. The molecule has 2 fully saturated rings. The molecule has 0 radical (unpaired) electrons. The lowest BCUT2D eigenvalue weighted by atomic mass is 10.0. The van der Waals surface area contributed by atoms with Crippen molar-refractivity contribution in [2.24, 2.45) is 5.92 Å².